The Morgan fingerprint density at radius 3 is 2.62 bits per heavy atom. The van der Waals surface area contributed by atoms with Crippen LogP contribution in [0.25, 0.3) is 0 Å². The predicted octanol–water partition coefficient (Wildman–Crippen LogP) is 3.10. The lowest BCUT2D eigenvalue weighted by molar-refractivity contribution is 0.0784. The van der Waals surface area contributed by atoms with Crippen LogP contribution in [0.5, 0.6) is 0 Å². The van der Waals surface area contributed by atoms with E-state index in [0.717, 1.165) is 38.9 Å². The van der Waals surface area contributed by atoms with Gasteiger partial charge in [-0.1, -0.05) is 42.4 Å². The molecule has 0 bridgehead atoms. The summed E-state index contributed by atoms with van der Waals surface area (Å²) in [5.74, 6) is -0.150. The Balaban J connectivity index is 1.51. The van der Waals surface area contributed by atoms with Gasteiger partial charge in [0.25, 0.3) is 5.91 Å². The average molecular weight is 327 g/mol. The summed E-state index contributed by atoms with van der Waals surface area (Å²) in [6, 6.07) is 12.2. The number of nitrogens with one attached hydrogen (secondary N) is 1. The lowest BCUT2D eigenvalue weighted by Crippen LogP contribution is -2.45. The van der Waals surface area contributed by atoms with Crippen molar-refractivity contribution < 1.29 is 9.32 Å². The van der Waals surface area contributed by atoms with Crippen LogP contribution in [-0.2, 0) is 6.54 Å². The molecule has 5 heteroatoms. The second kappa shape index (κ2) is 7.62. The largest absolute Gasteiger partial charge is 0.364 e. The molecular formula is C19H25N3O2. The zero-order valence-corrected chi connectivity index (χ0v) is 14.2. The number of aromatic nitrogens is 1. The molecule has 5 nitrogen and oxygen atoms in total. The molecule has 1 saturated heterocycles. The van der Waals surface area contributed by atoms with E-state index in [-0.39, 0.29) is 11.3 Å². The Bertz CT molecular complexity index is 632. The van der Waals surface area contributed by atoms with Gasteiger partial charge >= 0.3 is 0 Å². The van der Waals surface area contributed by atoms with Crippen molar-refractivity contribution in [1.82, 2.24) is 15.4 Å². The number of likely N-dealkylation sites (tertiary alicyclic amines) is 1. The second-order valence-corrected chi connectivity index (χ2v) is 6.68. The molecule has 1 aromatic heterocycles. The fraction of sp³-hybridized carbons (Fsp3) is 0.474. The number of hydrogen-bond acceptors (Lipinski definition) is 4. The maximum Gasteiger partial charge on any atom is 0.273 e. The van der Waals surface area contributed by atoms with Crippen LogP contribution in [0.2, 0.25) is 0 Å². The van der Waals surface area contributed by atoms with Gasteiger partial charge in [0, 0.05) is 19.2 Å². The number of nitrogens with zero attached hydrogens (tertiary/aromatic N) is 2. The highest BCUT2D eigenvalue weighted by Gasteiger charge is 2.33. The van der Waals surface area contributed by atoms with Crippen molar-refractivity contribution >= 4 is 5.91 Å². The van der Waals surface area contributed by atoms with Crippen LogP contribution in [0.3, 0.4) is 0 Å². The van der Waals surface area contributed by atoms with E-state index in [1.165, 1.54) is 11.8 Å². The first-order valence-corrected chi connectivity index (χ1v) is 8.66. The van der Waals surface area contributed by atoms with Crippen molar-refractivity contribution in [2.24, 2.45) is 5.41 Å². The summed E-state index contributed by atoms with van der Waals surface area (Å²) in [6.45, 7) is 6.07. The van der Waals surface area contributed by atoms with Crippen LogP contribution in [0.15, 0.2) is 47.2 Å². The van der Waals surface area contributed by atoms with Crippen molar-refractivity contribution in [2.45, 2.75) is 32.7 Å². The number of rotatable bonds is 6. The average Bonchev–Trinajstić information content (AvgIpc) is 3.17. The van der Waals surface area contributed by atoms with E-state index >= 15 is 0 Å². The summed E-state index contributed by atoms with van der Waals surface area (Å²) in [5, 5.41) is 6.72. The van der Waals surface area contributed by atoms with Gasteiger partial charge in [-0.15, -0.1) is 0 Å². The van der Waals surface area contributed by atoms with Crippen LogP contribution < -0.4 is 5.32 Å². The van der Waals surface area contributed by atoms with Gasteiger partial charge in [-0.05, 0) is 43.3 Å². The summed E-state index contributed by atoms with van der Waals surface area (Å²) in [4.78, 5) is 14.6. The summed E-state index contributed by atoms with van der Waals surface area (Å²) >= 11 is 0. The molecule has 1 amide bonds. The first kappa shape index (κ1) is 16.7. The Kier molecular flexibility index (Phi) is 5.30. The molecule has 2 aromatic rings. The Morgan fingerprint density at radius 1 is 1.25 bits per heavy atom. The van der Waals surface area contributed by atoms with E-state index in [9.17, 15) is 4.79 Å². The van der Waals surface area contributed by atoms with Crippen LogP contribution in [-0.4, -0.2) is 35.6 Å². The minimum absolute atomic E-state index is 0.150. The predicted molar refractivity (Wildman–Crippen MR) is 92.5 cm³/mol. The molecule has 0 saturated carbocycles. The van der Waals surface area contributed by atoms with Crippen LogP contribution in [0.4, 0.5) is 0 Å². The standard InChI is InChI=1S/C19H25N3O2/c1-2-19(15-20-18(23)17-8-13-24-21-17)9-11-22(12-10-19)14-16-6-4-3-5-7-16/h3-8,13H,2,9-12,14-15H2,1H3,(H,20,23). The Hall–Kier alpha value is -2.14. The lowest BCUT2D eigenvalue weighted by Gasteiger charge is -2.41. The van der Waals surface area contributed by atoms with Gasteiger partial charge < -0.3 is 9.84 Å². The number of piperidine rings is 1. The molecule has 3 rings (SSSR count). The fourth-order valence-electron chi connectivity index (χ4n) is 3.37. The molecule has 128 valence electrons. The first-order valence-electron chi connectivity index (χ1n) is 8.66. The van der Waals surface area contributed by atoms with Crippen molar-refractivity contribution in [3.05, 3.63) is 53.9 Å². The molecule has 0 unspecified atom stereocenters. The molecule has 0 aliphatic carbocycles. The second-order valence-electron chi connectivity index (χ2n) is 6.68. The normalized spacial score (nSPS) is 17.5. The van der Waals surface area contributed by atoms with E-state index in [4.69, 9.17) is 4.52 Å². The summed E-state index contributed by atoms with van der Waals surface area (Å²) in [6.07, 6.45) is 4.71. The number of amides is 1. The Labute approximate surface area is 143 Å². The molecule has 1 aliphatic heterocycles. The summed E-state index contributed by atoms with van der Waals surface area (Å²) in [7, 11) is 0. The number of hydrogen-bond donors (Lipinski definition) is 1. The lowest BCUT2D eigenvalue weighted by atomic mass is 9.76. The summed E-state index contributed by atoms with van der Waals surface area (Å²) in [5.41, 5.74) is 1.90. The van der Waals surface area contributed by atoms with Gasteiger partial charge in [-0.3, -0.25) is 9.69 Å². The molecule has 1 aliphatic rings. The third kappa shape index (κ3) is 4.03. The minimum atomic E-state index is -0.150. The number of benzene rings is 1. The highest BCUT2D eigenvalue weighted by atomic mass is 16.5. The zero-order chi connectivity index (χ0) is 16.8. The van der Waals surface area contributed by atoms with E-state index in [0.29, 0.717) is 12.2 Å². The quantitative estimate of drug-likeness (QED) is 0.886. The molecule has 1 N–H and O–H groups in total. The molecule has 0 radical (unpaired) electrons. The molecule has 1 aromatic carbocycles. The Morgan fingerprint density at radius 2 is 2.00 bits per heavy atom. The van der Waals surface area contributed by atoms with Crippen LogP contribution in [0, 0.1) is 5.41 Å². The van der Waals surface area contributed by atoms with E-state index in [1.54, 1.807) is 6.07 Å². The third-order valence-corrected chi connectivity index (χ3v) is 5.21. The molecule has 0 atom stereocenters. The molecule has 2 heterocycles. The maximum absolute atomic E-state index is 12.1. The number of carbonyl (C=O) groups excluding carboxylic acids is 1. The van der Waals surface area contributed by atoms with Crippen molar-refractivity contribution in [3.63, 3.8) is 0 Å². The molecule has 1 fully saturated rings. The van der Waals surface area contributed by atoms with Crippen molar-refractivity contribution in [1.29, 1.82) is 0 Å². The van der Waals surface area contributed by atoms with Gasteiger partial charge in [-0.25, -0.2) is 0 Å². The van der Waals surface area contributed by atoms with Gasteiger partial charge in [-0.2, -0.15) is 0 Å². The van der Waals surface area contributed by atoms with Crippen molar-refractivity contribution in [2.75, 3.05) is 19.6 Å². The molecular weight excluding hydrogens is 302 g/mol. The zero-order valence-electron chi connectivity index (χ0n) is 14.2. The molecule has 0 spiro atoms. The van der Waals surface area contributed by atoms with Gasteiger partial charge in [0.1, 0.15) is 6.26 Å². The van der Waals surface area contributed by atoms with Gasteiger partial charge in [0.2, 0.25) is 0 Å². The third-order valence-electron chi connectivity index (χ3n) is 5.21. The van der Waals surface area contributed by atoms with Crippen molar-refractivity contribution in [3.8, 4) is 0 Å². The fourth-order valence-corrected chi connectivity index (χ4v) is 3.37. The van der Waals surface area contributed by atoms with E-state index in [2.05, 4.69) is 52.6 Å². The highest BCUT2D eigenvalue weighted by Crippen LogP contribution is 2.34. The maximum atomic E-state index is 12.1. The van der Waals surface area contributed by atoms with Crippen LogP contribution in [0.1, 0.15) is 42.2 Å². The molecule has 24 heavy (non-hydrogen) atoms. The SMILES string of the molecule is CCC1(CNC(=O)c2ccon2)CCN(Cc2ccccc2)CC1. The number of carbonyl (C=O) groups is 1. The summed E-state index contributed by atoms with van der Waals surface area (Å²) < 4.78 is 4.73. The minimum Gasteiger partial charge on any atom is -0.364 e. The van der Waals surface area contributed by atoms with Gasteiger partial charge in [0.05, 0.1) is 0 Å². The van der Waals surface area contributed by atoms with Crippen LogP contribution >= 0.6 is 0 Å². The smallest absolute Gasteiger partial charge is 0.273 e. The topological polar surface area (TPSA) is 58.4 Å². The van der Waals surface area contributed by atoms with Gasteiger partial charge in [0.15, 0.2) is 5.69 Å². The van der Waals surface area contributed by atoms with E-state index in [1.807, 2.05) is 0 Å². The van der Waals surface area contributed by atoms with E-state index < -0.39 is 0 Å². The first-order chi connectivity index (χ1) is 11.7. The monoisotopic (exact) mass is 327 g/mol. The highest BCUT2D eigenvalue weighted by molar-refractivity contribution is 5.91.